The zero-order valence-electron chi connectivity index (χ0n) is 12.2. The Kier molecular flexibility index (Phi) is 4.51. The van der Waals surface area contributed by atoms with Crippen LogP contribution >= 0.6 is 23.3 Å². The smallest absolute Gasteiger partial charge is 0.00787 e. The lowest BCUT2D eigenvalue weighted by atomic mass is 10.2. The highest BCUT2D eigenvalue weighted by atomic mass is 79.9. The molecule has 0 radical (unpaired) electrons. The highest BCUT2D eigenvalue weighted by Crippen LogP contribution is 2.73. The SMILES string of the molecule is C=Cc1ccc(S(Br)(c2ccccc2)c2ccccc2)cc1. The standard InChI is InChI=1S/C20H17BrS/c1-2-17-13-15-20(16-14-17)22(21,18-9-5-3-6-10-18)19-11-7-4-8-12-19/h2-16H,1H2. The van der Waals surface area contributed by atoms with Gasteiger partial charge < -0.3 is 0 Å². The van der Waals surface area contributed by atoms with Crippen molar-refractivity contribution in [2.24, 2.45) is 0 Å². The summed E-state index contributed by atoms with van der Waals surface area (Å²) in [7, 11) is -1.42. The molecule has 3 aromatic carbocycles. The molecule has 0 unspecified atom stereocenters. The number of benzene rings is 3. The lowest BCUT2D eigenvalue weighted by molar-refractivity contribution is 1.32. The number of hydrogen-bond acceptors (Lipinski definition) is 0. The fourth-order valence-corrected chi connectivity index (χ4v) is 6.75. The van der Waals surface area contributed by atoms with Gasteiger partial charge in [-0.2, -0.15) is 0 Å². The van der Waals surface area contributed by atoms with E-state index >= 15 is 0 Å². The van der Waals surface area contributed by atoms with E-state index in [1.165, 1.54) is 14.7 Å². The summed E-state index contributed by atoms with van der Waals surface area (Å²) in [5.41, 5.74) is 1.14. The summed E-state index contributed by atoms with van der Waals surface area (Å²) in [6.07, 6.45) is 1.88. The van der Waals surface area contributed by atoms with Crippen molar-refractivity contribution in [3.8, 4) is 0 Å². The highest BCUT2D eigenvalue weighted by molar-refractivity contribution is 9.58. The predicted molar refractivity (Wildman–Crippen MR) is 101 cm³/mol. The Hall–Kier alpha value is -1.77. The van der Waals surface area contributed by atoms with E-state index in [4.69, 9.17) is 0 Å². The molecule has 3 rings (SSSR count). The van der Waals surface area contributed by atoms with Crippen molar-refractivity contribution in [1.82, 2.24) is 0 Å². The molecule has 0 nitrogen and oxygen atoms in total. The minimum atomic E-state index is -1.42. The fraction of sp³-hybridized carbons (Fsp3) is 0. The Labute approximate surface area is 141 Å². The maximum Gasteiger partial charge on any atom is 0.00787 e. The van der Waals surface area contributed by atoms with E-state index in [9.17, 15) is 0 Å². The third-order valence-corrected chi connectivity index (χ3v) is 9.71. The zero-order chi connectivity index (χ0) is 15.4. The Balaban J connectivity index is 2.20. The Morgan fingerprint density at radius 1 is 0.636 bits per heavy atom. The average molecular weight is 369 g/mol. The molecule has 0 N–H and O–H groups in total. The monoisotopic (exact) mass is 368 g/mol. The second kappa shape index (κ2) is 6.55. The van der Waals surface area contributed by atoms with Gasteiger partial charge in [0.15, 0.2) is 0 Å². The van der Waals surface area contributed by atoms with Crippen LogP contribution in [-0.2, 0) is 0 Å². The van der Waals surface area contributed by atoms with E-state index in [0.29, 0.717) is 0 Å². The van der Waals surface area contributed by atoms with Gasteiger partial charge >= 0.3 is 0 Å². The summed E-state index contributed by atoms with van der Waals surface area (Å²) in [5.74, 6) is 0. The minimum absolute atomic E-state index is 1.14. The van der Waals surface area contributed by atoms with Crippen LogP contribution in [0.25, 0.3) is 6.08 Å². The maximum atomic E-state index is 4.11. The van der Waals surface area contributed by atoms with Crippen LogP contribution in [0.2, 0.25) is 0 Å². The summed E-state index contributed by atoms with van der Waals surface area (Å²) in [6.45, 7) is 3.83. The minimum Gasteiger partial charge on any atom is -0.101 e. The van der Waals surface area contributed by atoms with Crippen LogP contribution < -0.4 is 0 Å². The Morgan fingerprint density at radius 2 is 1.05 bits per heavy atom. The van der Waals surface area contributed by atoms with Crippen LogP contribution in [0.15, 0.2) is 106 Å². The molecule has 0 aliphatic heterocycles. The summed E-state index contributed by atoms with van der Waals surface area (Å²) in [5, 5.41) is 0. The molecular formula is C20H17BrS. The van der Waals surface area contributed by atoms with Gasteiger partial charge in [0.25, 0.3) is 0 Å². The van der Waals surface area contributed by atoms with E-state index in [-0.39, 0.29) is 0 Å². The van der Waals surface area contributed by atoms with Crippen molar-refractivity contribution in [3.05, 3.63) is 97.1 Å². The fourth-order valence-electron chi connectivity index (χ4n) is 2.42. The molecule has 0 saturated carbocycles. The van der Waals surface area contributed by atoms with Crippen molar-refractivity contribution < 1.29 is 0 Å². The normalized spacial score (nSPS) is 11.9. The number of hydrogen-bond donors (Lipinski definition) is 0. The van der Waals surface area contributed by atoms with Crippen molar-refractivity contribution in [1.29, 1.82) is 0 Å². The van der Waals surface area contributed by atoms with Gasteiger partial charge in [-0.1, -0.05) is 61.2 Å². The van der Waals surface area contributed by atoms with Gasteiger partial charge in [-0.15, -0.1) is 8.46 Å². The third kappa shape index (κ3) is 2.77. The van der Waals surface area contributed by atoms with Gasteiger partial charge in [-0.3, -0.25) is 0 Å². The first-order valence-electron chi connectivity index (χ1n) is 7.11. The molecule has 0 spiro atoms. The second-order valence-corrected chi connectivity index (χ2v) is 10.3. The molecule has 0 bridgehead atoms. The molecule has 0 aliphatic rings. The highest BCUT2D eigenvalue weighted by Gasteiger charge is 2.27. The molecule has 0 fully saturated rings. The van der Waals surface area contributed by atoms with Crippen LogP contribution in [-0.4, -0.2) is 0 Å². The molecule has 3 aromatic rings. The van der Waals surface area contributed by atoms with E-state index < -0.39 is 8.46 Å². The second-order valence-electron chi connectivity index (χ2n) is 4.94. The molecular weight excluding hydrogens is 352 g/mol. The van der Waals surface area contributed by atoms with Gasteiger partial charge in [0, 0.05) is 14.7 Å². The maximum absolute atomic E-state index is 4.11. The van der Waals surface area contributed by atoms with Crippen LogP contribution in [0.1, 0.15) is 5.56 Å². The van der Waals surface area contributed by atoms with Crippen molar-refractivity contribution in [2.75, 3.05) is 0 Å². The van der Waals surface area contributed by atoms with Crippen LogP contribution in [0.5, 0.6) is 0 Å². The summed E-state index contributed by atoms with van der Waals surface area (Å²) in [4.78, 5) is 3.88. The number of rotatable bonds is 4. The molecule has 110 valence electrons. The molecule has 22 heavy (non-hydrogen) atoms. The van der Waals surface area contributed by atoms with Crippen molar-refractivity contribution in [3.63, 3.8) is 0 Å². The average Bonchev–Trinajstić information content (AvgIpc) is 2.62. The predicted octanol–water partition coefficient (Wildman–Crippen LogP) is 6.92. The van der Waals surface area contributed by atoms with Gasteiger partial charge in [0.2, 0.25) is 0 Å². The van der Waals surface area contributed by atoms with E-state index in [0.717, 1.165) is 5.56 Å². The lowest BCUT2D eigenvalue weighted by Crippen LogP contribution is -1.96. The van der Waals surface area contributed by atoms with Gasteiger partial charge in [-0.25, -0.2) is 0 Å². The van der Waals surface area contributed by atoms with E-state index in [1.807, 2.05) is 6.08 Å². The first-order chi connectivity index (χ1) is 10.7. The van der Waals surface area contributed by atoms with Gasteiger partial charge in [0.05, 0.1) is 0 Å². The van der Waals surface area contributed by atoms with Crippen LogP contribution in [0.3, 0.4) is 0 Å². The topological polar surface area (TPSA) is 0 Å². The molecule has 0 aromatic heterocycles. The number of halogens is 1. The Morgan fingerprint density at radius 3 is 1.45 bits per heavy atom. The van der Waals surface area contributed by atoms with Crippen LogP contribution in [0, 0.1) is 0 Å². The molecule has 0 heterocycles. The zero-order valence-corrected chi connectivity index (χ0v) is 14.6. The summed E-state index contributed by atoms with van der Waals surface area (Å²) < 4.78 is 0. The van der Waals surface area contributed by atoms with E-state index in [1.54, 1.807) is 0 Å². The largest absolute Gasteiger partial charge is 0.101 e. The quantitative estimate of drug-likeness (QED) is 0.468. The lowest BCUT2D eigenvalue weighted by Gasteiger charge is -2.35. The van der Waals surface area contributed by atoms with Crippen molar-refractivity contribution >= 4 is 29.4 Å². The van der Waals surface area contributed by atoms with Gasteiger partial charge in [-0.05, 0) is 56.8 Å². The van der Waals surface area contributed by atoms with Gasteiger partial charge in [0.1, 0.15) is 0 Å². The molecule has 0 atom stereocenters. The first kappa shape index (κ1) is 15.1. The molecule has 0 amide bonds. The van der Waals surface area contributed by atoms with Crippen LogP contribution in [0.4, 0.5) is 0 Å². The summed E-state index contributed by atoms with van der Waals surface area (Å²) in [6, 6.07) is 29.9. The summed E-state index contributed by atoms with van der Waals surface area (Å²) >= 11 is 4.11. The molecule has 0 saturated heterocycles. The van der Waals surface area contributed by atoms with E-state index in [2.05, 4.69) is 106 Å². The first-order valence-corrected chi connectivity index (χ1v) is 10.6. The molecule has 0 aliphatic carbocycles. The van der Waals surface area contributed by atoms with Crippen molar-refractivity contribution in [2.45, 2.75) is 14.7 Å². The third-order valence-electron chi connectivity index (χ3n) is 3.58. The molecule has 2 heteroatoms. The Bertz CT molecular complexity index is 709.